The smallest absolute Gasteiger partial charge is 0.410 e. The van der Waals surface area contributed by atoms with Crippen LogP contribution >= 0.6 is 24.8 Å². The van der Waals surface area contributed by atoms with Gasteiger partial charge in [0.15, 0.2) is 11.4 Å². The summed E-state index contributed by atoms with van der Waals surface area (Å²) in [6.45, 7) is 11.7. The quantitative estimate of drug-likeness (QED) is 0.118. The Labute approximate surface area is 402 Å². The molecule has 356 valence electrons. The predicted octanol–water partition coefficient (Wildman–Crippen LogP) is 9.30. The van der Waals surface area contributed by atoms with Crippen LogP contribution in [0.4, 0.5) is 28.2 Å². The number of halogens is 2. The highest BCUT2D eigenvalue weighted by molar-refractivity contribution is 5.93. The first kappa shape index (κ1) is 51.1. The highest BCUT2D eigenvalue weighted by Gasteiger charge is 2.36. The van der Waals surface area contributed by atoms with Gasteiger partial charge in [0.1, 0.15) is 42.8 Å². The lowest BCUT2D eigenvalue weighted by atomic mass is 10.0. The summed E-state index contributed by atoms with van der Waals surface area (Å²) in [5.74, 6) is 0.839. The number of rotatable bonds is 12. The van der Waals surface area contributed by atoms with Crippen LogP contribution in [0.5, 0.6) is 11.5 Å². The van der Waals surface area contributed by atoms with E-state index >= 15 is 0 Å². The fourth-order valence-electron chi connectivity index (χ4n) is 7.12. The number of oxazole rings is 2. The molecule has 2 fully saturated rings. The van der Waals surface area contributed by atoms with Gasteiger partial charge >= 0.3 is 6.09 Å². The monoisotopic (exact) mass is 957 g/mol. The SMILES string of the molecule is Cc1ccc(Nc2nc(C(=O)N3CCCCC3COc3cccnc3)co2)cc1.Cc1ccc(Nc2nc(C(=O)N3CCN(C(=O)OC(C)(C)C)CC3COc3cccnc3)co2)cc1.Cl.Cl. The molecule has 2 N–H and O–H groups in total. The molecule has 4 aromatic heterocycles. The first-order valence-electron chi connectivity index (χ1n) is 21.6. The minimum Gasteiger partial charge on any atom is -0.490 e. The molecule has 8 rings (SSSR count). The van der Waals surface area contributed by atoms with E-state index in [1.807, 2.05) is 100 Å². The van der Waals surface area contributed by atoms with E-state index in [-0.39, 0.29) is 67.5 Å². The maximum atomic E-state index is 13.4. The first-order valence-corrected chi connectivity index (χ1v) is 21.6. The van der Waals surface area contributed by atoms with Crippen molar-refractivity contribution in [3.8, 4) is 11.5 Å². The average molecular weight is 959 g/mol. The number of aromatic nitrogens is 4. The van der Waals surface area contributed by atoms with Crippen LogP contribution in [-0.2, 0) is 4.74 Å². The van der Waals surface area contributed by atoms with Crippen molar-refractivity contribution in [2.24, 2.45) is 0 Å². The van der Waals surface area contributed by atoms with E-state index in [1.165, 1.54) is 18.1 Å². The molecule has 6 aromatic rings. The summed E-state index contributed by atoms with van der Waals surface area (Å²) in [5, 5.41) is 6.15. The molecule has 2 aliphatic heterocycles. The zero-order valence-electron chi connectivity index (χ0n) is 38.1. The Bertz CT molecular complexity index is 2470. The van der Waals surface area contributed by atoms with Crippen molar-refractivity contribution >= 4 is 66.1 Å². The second-order valence-corrected chi connectivity index (χ2v) is 16.8. The van der Waals surface area contributed by atoms with Gasteiger partial charge in [0, 0.05) is 49.9 Å². The number of aryl methyl sites for hydroxylation is 2. The molecular formula is C48H57Cl2N9O8. The molecule has 2 aliphatic rings. The number of benzene rings is 2. The van der Waals surface area contributed by atoms with E-state index in [1.54, 1.807) is 46.7 Å². The average Bonchev–Trinajstić information content (AvgIpc) is 3.99. The lowest BCUT2D eigenvalue weighted by Crippen LogP contribution is -2.59. The van der Waals surface area contributed by atoms with E-state index in [2.05, 4.69) is 30.6 Å². The molecule has 2 unspecified atom stereocenters. The molecular weight excluding hydrogens is 901 g/mol. The van der Waals surface area contributed by atoms with Gasteiger partial charge in [-0.15, -0.1) is 24.8 Å². The Hall–Kier alpha value is -6.85. The van der Waals surface area contributed by atoms with Crippen LogP contribution in [0.1, 0.15) is 72.1 Å². The lowest BCUT2D eigenvalue weighted by molar-refractivity contribution is -0.00109. The van der Waals surface area contributed by atoms with Crippen molar-refractivity contribution in [1.82, 2.24) is 34.6 Å². The lowest BCUT2D eigenvalue weighted by Gasteiger charge is -2.41. The van der Waals surface area contributed by atoms with Gasteiger partial charge in [0.2, 0.25) is 0 Å². The van der Waals surface area contributed by atoms with Gasteiger partial charge in [-0.05, 0) is 102 Å². The van der Waals surface area contributed by atoms with E-state index in [0.29, 0.717) is 49.4 Å². The number of nitrogens with zero attached hydrogens (tertiary/aromatic N) is 7. The molecule has 0 radical (unpaired) electrons. The molecule has 0 spiro atoms. The Morgan fingerprint density at radius 2 is 1.16 bits per heavy atom. The predicted molar refractivity (Wildman–Crippen MR) is 257 cm³/mol. The number of ether oxygens (including phenoxy) is 3. The van der Waals surface area contributed by atoms with Gasteiger partial charge < -0.3 is 48.4 Å². The normalized spacial score (nSPS) is 15.7. The fourth-order valence-corrected chi connectivity index (χ4v) is 7.12. The maximum Gasteiger partial charge on any atom is 0.410 e. The van der Waals surface area contributed by atoms with Crippen LogP contribution in [0.2, 0.25) is 0 Å². The van der Waals surface area contributed by atoms with Crippen molar-refractivity contribution in [1.29, 1.82) is 0 Å². The molecule has 17 nitrogen and oxygen atoms in total. The molecule has 67 heavy (non-hydrogen) atoms. The number of hydrogen-bond donors (Lipinski definition) is 2. The van der Waals surface area contributed by atoms with Gasteiger partial charge in [0.05, 0.1) is 24.5 Å². The molecule has 2 aromatic carbocycles. The summed E-state index contributed by atoms with van der Waals surface area (Å²) in [5.41, 5.74) is 3.81. The van der Waals surface area contributed by atoms with Crippen molar-refractivity contribution in [2.75, 3.05) is 50.0 Å². The third-order valence-electron chi connectivity index (χ3n) is 10.5. The third-order valence-corrected chi connectivity index (χ3v) is 10.5. The van der Waals surface area contributed by atoms with Crippen LogP contribution in [-0.4, -0.2) is 110 Å². The highest BCUT2D eigenvalue weighted by Crippen LogP contribution is 2.25. The molecule has 3 amide bonds. The second kappa shape index (κ2) is 24.1. The van der Waals surface area contributed by atoms with Crippen molar-refractivity contribution in [2.45, 2.75) is 71.6 Å². The van der Waals surface area contributed by atoms with Crippen molar-refractivity contribution < 1.29 is 37.4 Å². The number of nitrogens with one attached hydrogen (secondary N) is 2. The van der Waals surface area contributed by atoms with Gasteiger partial charge in [-0.25, -0.2) is 4.79 Å². The number of pyridine rings is 2. The summed E-state index contributed by atoms with van der Waals surface area (Å²) in [7, 11) is 0. The molecule has 6 heterocycles. The number of anilines is 4. The number of likely N-dealkylation sites (tertiary alicyclic amines) is 1. The largest absolute Gasteiger partial charge is 0.490 e. The summed E-state index contributed by atoms with van der Waals surface area (Å²) in [6.07, 6.45) is 11.9. The number of piperazine rings is 1. The maximum absolute atomic E-state index is 13.4. The number of carbonyl (C=O) groups is 3. The standard InChI is InChI=1S/C26H31N5O5.C22H24N4O3.2ClH/c1-18-7-9-19(10-8-18)28-24-29-22(17-35-24)23(32)31-13-12-30(25(33)36-26(2,3)4)15-20(31)16-34-21-6-5-11-27-14-21;1-16-7-9-17(10-8-16)24-22-25-20(15-29-22)21(27)26-12-3-2-5-18(26)14-28-19-6-4-11-23-13-19;;/h5-11,14,17,20H,12-13,15-16H2,1-4H3,(H,28,29);4,6-11,13,15,18H,2-3,5,12,14H2,1H3,(H,24,25);2*1H. The first-order chi connectivity index (χ1) is 31.4. The van der Waals surface area contributed by atoms with Gasteiger partial charge in [-0.2, -0.15) is 9.97 Å². The Morgan fingerprint density at radius 3 is 1.64 bits per heavy atom. The minimum absolute atomic E-state index is 0. The van der Waals surface area contributed by atoms with E-state index < -0.39 is 17.7 Å². The van der Waals surface area contributed by atoms with Crippen LogP contribution in [0.15, 0.2) is 119 Å². The zero-order chi connectivity index (χ0) is 45.8. The molecule has 2 saturated heterocycles. The zero-order valence-corrected chi connectivity index (χ0v) is 39.8. The van der Waals surface area contributed by atoms with Crippen LogP contribution in [0, 0.1) is 13.8 Å². The number of amides is 3. The summed E-state index contributed by atoms with van der Waals surface area (Å²) >= 11 is 0. The third kappa shape index (κ3) is 14.8. The molecule has 0 bridgehead atoms. The highest BCUT2D eigenvalue weighted by atomic mass is 35.5. The van der Waals surface area contributed by atoms with Crippen LogP contribution in [0.3, 0.4) is 0 Å². The minimum atomic E-state index is -0.618. The van der Waals surface area contributed by atoms with Crippen LogP contribution in [0.25, 0.3) is 0 Å². The molecule has 2 atom stereocenters. The van der Waals surface area contributed by atoms with Crippen molar-refractivity contribution in [3.63, 3.8) is 0 Å². The summed E-state index contributed by atoms with van der Waals surface area (Å²) in [6, 6.07) is 23.0. The van der Waals surface area contributed by atoms with Crippen molar-refractivity contribution in [3.05, 3.63) is 133 Å². The number of piperidine rings is 1. The molecule has 19 heteroatoms. The second-order valence-electron chi connectivity index (χ2n) is 16.8. The Kier molecular flexibility index (Phi) is 18.4. The number of hydrogen-bond acceptors (Lipinski definition) is 14. The van der Waals surface area contributed by atoms with Gasteiger partial charge in [-0.1, -0.05) is 35.4 Å². The summed E-state index contributed by atoms with van der Waals surface area (Å²) < 4.78 is 28.2. The molecule has 0 aliphatic carbocycles. The van der Waals surface area contributed by atoms with Crippen LogP contribution < -0.4 is 20.1 Å². The fraction of sp³-hybridized carbons (Fsp3) is 0.354. The van der Waals surface area contributed by atoms with E-state index in [9.17, 15) is 14.4 Å². The Morgan fingerprint density at radius 1 is 0.672 bits per heavy atom. The van der Waals surface area contributed by atoms with Gasteiger partial charge in [-0.3, -0.25) is 19.6 Å². The summed E-state index contributed by atoms with van der Waals surface area (Å²) in [4.78, 5) is 61.0. The number of carbonyl (C=O) groups excluding carboxylic acids is 3. The molecule has 0 saturated carbocycles. The topological polar surface area (TPSA) is 191 Å². The van der Waals surface area contributed by atoms with E-state index in [4.69, 9.17) is 23.0 Å². The Balaban J connectivity index is 0.000000249. The van der Waals surface area contributed by atoms with Gasteiger partial charge in [0.25, 0.3) is 23.8 Å². The van der Waals surface area contributed by atoms with E-state index in [0.717, 1.165) is 36.2 Å².